The maximum absolute atomic E-state index is 5.60. The van der Waals surface area contributed by atoms with Gasteiger partial charge < -0.3 is 10.6 Å². The quantitative estimate of drug-likeness (QED) is 0.881. The highest BCUT2D eigenvalue weighted by Gasteiger charge is 2.08. The molecule has 1 aromatic heterocycles. The van der Waals surface area contributed by atoms with E-state index in [9.17, 15) is 0 Å². The maximum Gasteiger partial charge on any atom is 0.205 e. The lowest BCUT2D eigenvalue weighted by Gasteiger charge is -2.15. The fourth-order valence-electron chi connectivity index (χ4n) is 1.85. The van der Waals surface area contributed by atoms with Crippen LogP contribution in [0.4, 0.5) is 5.13 Å². The molecule has 2 aromatic rings. The van der Waals surface area contributed by atoms with Gasteiger partial charge in [0.05, 0.1) is 0 Å². The fourth-order valence-corrected chi connectivity index (χ4v) is 2.52. The second kappa shape index (κ2) is 6.63. The standard InChI is InChI=1S/C14H20N4S/c1-3-4-13-16-14(19-17-13)18(2)10-12-7-5-11(9-15)6-8-12/h5-8H,3-4,9-10,15H2,1-2H3. The van der Waals surface area contributed by atoms with E-state index in [4.69, 9.17) is 5.73 Å². The minimum atomic E-state index is 0.590. The SMILES string of the molecule is CCCc1nsc(N(C)Cc2ccc(CN)cc2)n1. The lowest BCUT2D eigenvalue weighted by atomic mass is 10.1. The second-order valence-electron chi connectivity index (χ2n) is 4.62. The smallest absolute Gasteiger partial charge is 0.205 e. The minimum Gasteiger partial charge on any atom is -0.346 e. The number of hydrogen-bond acceptors (Lipinski definition) is 5. The monoisotopic (exact) mass is 276 g/mol. The summed E-state index contributed by atoms with van der Waals surface area (Å²) in [5.74, 6) is 0.952. The molecule has 0 radical (unpaired) electrons. The Kier molecular flexibility index (Phi) is 4.87. The van der Waals surface area contributed by atoms with E-state index in [0.717, 1.165) is 35.9 Å². The Hall–Kier alpha value is -1.46. The summed E-state index contributed by atoms with van der Waals surface area (Å²) >= 11 is 1.47. The van der Waals surface area contributed by atoms with Crippen molar-refractivity contribution in [1.82, 2.24) is 9.36 Å². The van der Waals surface area contributed by atoms with E-state index in [0.29, 0.717) is 6.54 Å². The van der Waals surface area contributed by atoms with Gasteiger partial charge in [0.25, 0.3) is 0 Å². The van der Waals surface area contributed by atoms with Gasteiger partial charge in [-0.05, 0) is 17.5 Å². The third-order valence-corrected chi connectivity index (χ3v) is 3.80. The van der Waals surface area contributed by atoms with Crippen LogP contribution in [-0.4, -0.2) is 16.4 Å². The first-order valence-electron chi connectivity index (χ1n) is 6.54. The van der Waals surface area contributed by atoms with E-state index in [1.165, 1.54) is 17.1 Å². The molecule has 0 aliphatic carbocycles. The first-order chi connectivity index (χ1) is 9.22. The van der Waals surface area contributed by atoms with Crippen LogP contribution in [0.25, 0.3) is 0 Å². The molecule has 0 unspecified atom stereocenters. The van der Waals surface area contributed by atoms with E-state index in [1.807, 2.05) is 7.05 Å². The molecule has 2 rings (SSSR count). The lowest BCUT2D eigenvalue weighted by Crippen LogP contribution is -2.16. The highest BCUT2D eigenvalue weighted by atomic mass is 32.1. The average Bonchev–Trinajstić information content (AvgIpc) is 2.89. The topological polar surface area (TPSA) is 55.0 Å². The van der Waals surface area contributed by atoms with Gasteiger partial charge in [-0.2, -0.15) is 4.37 Å². The van der Waals surface area contributed by atoms with E-state index in [1.54, 1.807) is 0 Å². The molecule has 1 aromatic carbocycles. The largest absolute Gasteiger partial charge is 0.346 e. The molecule has 5 heteroatoms. The van der Waals surface area contributed by atoms with Crippen LogP contribution in [0.15, 0.2) is 24.3 Å². The van der Waals surface area contributed by atoms with Crippen LogP contribution < -0.4 is 10.6 Å². The Bertz CT molecular complexity index is 506. The van der Waals surface area contributed by atoms with Crippen molar-refractivity contribution in [1.29, 1.82) is 0 Å². The number of nitrogens with zero attached hydrogens (tertiary/aromatic N) is 3. The van der Waals surface area contributed by atoms with Crippen LogP contribution in [0, 0.1) is 0 Å². The number of aromatic nitrogens is 2. The summed E-state index contributed by atoms with van der Waals surface area (Å²) in [6, 6.07) is 8.39. The minimum absolute atomic E-state index is 0.590. The Morgan fingerprint density at radius 1 is 1.21 bits per heavy atom. The molecule has 0 bridgehead atoms. The third-order valence-electron chi connectivity index (χ3n) is 2.94. The molecule has 4 nitrogen and oxygen atoms in total. The predicted octanol–water partition coefficient (Wildman–Crippen LogP) is 2.59. The van der Waals surface area contributed by atoms with Crippen molar-refractivity contribution in [3.63, 3.8) is 0 Å². The number of rotatable bonds is 6. The summed E-state index contributed by atoms with van der Waals surface area (Å²) in [4.78, 5) is 6.68. The van der Waals surface area contributed by atoms with Crippen molar-refractivity contribution in [3.05, 3.63) is 41.2 Å². The zero-order chi connectivity index (χ0) is 13.7. The summed E-state index contributed by atoms with van der Waals surface area (Å²) in [6.07, 6.45) is 2.04. The summed E-state index contributed by atoms with van der Waals surface area (Å²) in [6.45, 7) is 3.57. The normalized spacial score (nSPS) is 10.7. The van der Waals surface area contributed by atoms with Crippen LogP contribution in [-0.2, 0) is 19.5 Å². The van der Waals surface area contributed by atoms with Crippen LogP contribution >= 0.6 is 11.5 Å². The molecule has 0 amide bonds. The molecular weight excluding hydrogens is 256 g/mol. The maximum atomic E-state index is 5.60. The number of hydrogen-bond donors (Lipinski definition) is 1. The van der Waals surface area contributed by atoms with Crippen molar-refractivity contribution in [2.24, 2.45) is 5.73 Å². The van der Waals surface area contributed by atoms with Crippen LogP contribution in [0.2, 0.25) is 0 Å². The number of anilines is 1. The molecular formula is C14H20N4S. The molecule has 2 N–H and O–H groups in total. The molecule has 1 heterocycles. The van der Waals surface area contributed by atoms with Crippen molar-refractivity contribution >= 4 is 16.7 Å². The summed E-state index contributed by atoms with van der Waals surface area (Å²) < 4.78 is 4.37. The van der Waals surface area contributed by atoms with Crippen molar-refractivity contribution < 1.29 is 0 Å². The fraction of sp³-hybridized carbons (Fsp3) is 0.429. The molecule has 0 fully saturated rings. The molecule has 0 spiro atoms. The van der Waals surface area contributed by atoms with Crippen LogP contribution in [0.1, 0.15) is 30.3 Å². The van der Waals surface area contributed by atoms with Crippen LogP contribution in [0.5, 0.6) is 0 Å². The molecule has 19 heavy (non-hydrogen) atoms. The van der Waals surface area contributed by atoms with Gasteiger partial charge in [-0.25, -0.2) is 4.98 Å². The predicted molar refractivity (Wildman–Crippen MR) is 80.3 cm³/mol. The summed E-state index contributed by atoms with van der Waals surface area (Å²) in [5.41, 5.74) is 8.01. The van der Waals surface area contributed by atoms with E-state index >= 15 is 0 Å². The zero-order valence-corrected chi connectivity index (χ0v) is 12.3. The first-order valence-corrected chi connectivity index (χ1v) is 7.32. The van der Waals surface area contributed by atoms with E-state index < -0.39 is 0 Å². The molecule has 0 aliphatic heterocycles. The van der Waals surface area contributed by atoms with Gasteiger partial charge in [-0.1, -0.05) is 31.2 Å². The Morgan fingerprint density at radius 2 is 1.89 bits per heavy atom. The van der Waals surface area contributed by atoms with Crippen molar-refractivity contribution in [2.45, 2.75) is 32.9 Å². The molecule has 0 saturated heterocycles. The second-order valence-corrected chi connectivity index (χ2v) is 5.35. The Morgan fingerprint density at radius 3 is 2.53 bits per heavy atom. The highest BCUT2D eigenvalue weighted by Crippen LogP contribution is 2.18. The van der Waals surface area contributed by atoms with Gasteiger partial charge in [-0.15, -0.1) is 0 Å². The Balaban J connectivity index is 2.00. The van der Waals surface area contributed by atoms with Gasteiger partial charge >= 0.3 is 0 Å². The molecule has 0 atom stereocenters. The van der Waals surface area contributed by atoms with Crippen molar-refractivity contribution in [2.75, 3.05) is 11.9 Å². The van der Waals surface area contributed by atoms with Gasteiger partial charge in [-0.3, -0.25) is 0 Å². The number of nitrogens with two attached hydrogens (primary N) is 1. The molecule has 0 aliphatic rings. The summed E-state index contributed by atoms with van der Waals surface area (Å²) in [5, 5.41) is 0.978. The zero-order valence-electron chi connectivity index (χ0n) is 11.5. The van der Waals surface area contributed by atoms with E-state index in [2.05, 4.69) is 45.4 Å². The Labute approximate surface area is 118 Å². The van der Waals surface area contributed by atoms with E-state index in [-0.39, 0.29) is 0 Å². The highest BCUT2D eigenvalue weighted by molar-refractivity contribution is 7.09. The first kappa shape index (κ1) is 14.0. The van der Waals surface area contributed by atoms with Gasteiger partial charge in [0.1, 0.15) is 5.82 Å². The summed E-state index contributed by atoms with van der Waals surface area (Å²) in [7, 11) is 2.05. The average molecular weight is 276 g/mol. The van der Waals surface area contributed by atoms with Gasteiger partial charge in [0.15, 0.2) is 0 Å². The number of benzene rings is 1. The number of aryl methyl sites for hydroxylation is 1. The third kappa shape index (κ3) is 3.75. The van der Waals surface area contributed by atoms with Gasteiger partial charge in [0.2, 0.25) is 5.13 Å². The lowest BCUT2D eigenvalue weighted by molar-refractivity contribution is 0.846. The van der Waals surface area contributed by atoms with Gasteiger partial charge in [0, 0.05) is 38.1 Å². The van der Waals surface area contributed by atoms with Crippen molar-refractivity contribution in [3.8, 4) is 0 Å². The van der Waals surface area contributed by atoms with Crippen LogP contribution in [0.3, 0.4) is 0 Å². The molecule has 0 saturated carbocycles. The molecule has 102 valence electrons.